The van der Waals surface area contributed by atoms with Gasteiger partial charge in [-0.25, -0.2) is 0 Å². The van der Waals surface area contributed by atoms with Crippen LogP contribution in [0.15, 0.2) is 48.5 Å². The molecule has 2 heterocycles. The standard InChI is InChI=1S/C17H13ClN4O2S/c1-23-13-3-2-4-14(9-13)24-10-15-21-22-16(19-20-17(22)25-15)11-5-7-12(18)8-6-11/h2-9H,10H2,1H3. The van der Waals surface area contributed by atoms with Crippen LogP contribution in [0.1, 0.15) is 5.01 Å². The topological polar surface area (TPSA) is 61.5 Å². The van der Waals surface area contributed by atoms with Crippen LogP contribution in [0.3, 0.4) is 0 Å². The van der Waals surface area contributed by atoms with Gasteiger partial charge < -0.3 is 9.47 Å². The highest BCUT2D eigenvalue weighted by Crippen LogP contribution is 2.24. The van der Waals surface area contributed by atoms with Crippen molar-refractivity contribution in [3.8, 4) is 22.9 Å². The van der Waals surface area contributed by atoms with Crippen molar-refractivity contribution >= 4 is 27.9 Å². The van der Waals surface area contributed by atoms with E-state index in [9.17, 15) is 0 Å². The van der Waals surface area contributed by atoms with Crippen molar-refractivity contribution in [2.24, 2.45) is 0 Å². The second kappa shape index (κ2) is 6.70. The molecule has 0 aliphatic heterocycles. The number of rotatable bonds is 5. The zero-order chi connectivity index (χ0) is 17.2. The summed E-state index contributed by atoms with van der Waals surface area (Å²) in [5.41, 5.74) is 0.905. The number of aromatic nitrogens is 4. The lowest BCUT2D eigenvalue weighted by atomic mass is 10.2. The highest BCUT2D eigenvalue weighted by atomic mass is 35.5. The van der Waals surface area contributed by atoms with Gasteiger partial charge in [0.05, 0.1) is 7.11 Å². The van der Waals surface area contributed by atoms with E-state index in [2.05, 4.69) is 15.3 Å². The normalized spacial score (nSPS) is 11.0. The molecule has 0 radical (unpaired) electrons. The molecule has 2 aromatic heterocycles. The third-order valence-corrected chi connectivity index (χ3v) is 4.66. The molecule has 0 unspecified atom stereocenters. The lowest BCUT2D eigenvalue weighted by Crippen LogP contribution is -1.97. The molecule has 25 heavy (non-hydrogen) atoms. The molecule has 0 aliphatic carbocycles. The molecule has 0 bridgehead atoms. The summed E-state index contributed by atoms with van der Waals surface area (Å²) in [6, 6.07) is 14.9. The van der Waals surface area contributed by atoms with Gasteiger partial charge in [0, 0.05) is 16.7 Å². The third kappa shape index (κ3) is 3.29. The van der Waals surface area contributed by atoms with Crippen molar-refractivity contribution in [3.05, 3.63) is 58.6 Å². The van der Waals surface area contributed by atoms with Crippen LogP contribution in [0, 0.1) is 0 Å². The maximum Gasteiger partial charge on any atom is 0.235 e. The van der Waals surface area contributed by atoms with E-state index in [1.54, 1.807) is 11.6 Å². The van der Waals surface area contributed by atoms with E-state index in [0.717, 1.165) is 22.1 Å². The van der Waals surface area contributed by atoms with Crippen LogP contribution in [-0.2, 0) is 6.61 Å². The number of benzene rings is 2. The van der Waals surface area contributed by atoms with E-state index in [0.29, 0.717) is 22.4 Å². The Bertz CT molecular complexity index is 1010. The lowest BCUT2D eigenvalue weighted by Gasteiger charge is -2.05. The Balaban J connectivity index is 1.56. The van der Waals surface area contributed by atoms with Gasteiger partial charge in [-0.2, -0.15) is 9.61 Å². The Kier molecular flexibility index (Phi) is 4.25. The van der Waals surface area contributed by atoms with Crippen LogP contribution in [0.2, 0.25) is 5.02 Å². The molecule has 4 aromatic rings. The molecular weight excluding hydrogens is 360 g/mol. The molecule has 0 atom stereocenters. The molecule has 6 nitrogen and oxygen atoms in total. The van der Waals surface area contributed by atoms with Gasteiger partial charge in [0.25, 0.3) is 0 Å². The number of ether oxygens (including phenoxy) is 2. The second-order valence-corrected chi connectivity index (χ2v) is 6.67. The van der Waals surface area contributed by atoms with Crippen LogP contribution in [0.5, 0.6) is 11.5 Å². The number of halogens is 1. The summed E-state index contributed by atoms with van der Waals surface area (Å²) in [5, 5.41) is 14.4. The van der Waals surface area contributed by atoms with Gasteiger partial charge in [-0.1, -0.05) is 29.0 Å². The number of methoxy groups -OCH3 is 1. The number of hydrogen-bond acceptors (Lipinski definition) is 6. The molecule has 2 aromatic carbocycles. The van der Waals surface area contributed by atoms with Gasteiger partial charge in [0.1, 0.15) is 18.1 Å². The van der Waals surface area contributed by atoms with Crippen LogP contribution in [0.25, 0.3) is 16.3 Å². The molecule has 0 aliphatic rings. The Hall–Kier alpha value is -2.64. The molecule has 0 spiro atoms. The summed E-state index contributed by atoms with van der Waals surface area (Å²) in [6.45, 7) is 0.348. The molecule has 8 heteroatoms. The van der Waals surface area contributed by atoms with Gasteiger partial charge in [-0.15, -0.1) is 10.2 Å². The molecule has 0 saturated heterocycles. The van der Waals surface area contributed by atoms with Gasteiger partial charge in [-0.3, -0.25) is 0 Å². The Morgan fingerprint density at radius 1 is 1.08 bits per heavy atom. The summed E-state index contributed by atoms with van der Waals surface area (Å²) in [6.07, 6.45) is 0. The number of nitrogens with zero attached hydrogens (tertiary/aromatic N) is 4. The predicted octanol–water partition coefficient (Wildman–Crippen LogP) is 4.09. The van der Waals surface area contributed by atoms with Crippen LogP contribution >= 0.6 is 22.9 Å². The molecule has 4 rings (SSSR count). The monoisotopic (exact) mass is 372 g/mol. The first kappa shape index (κ1) is 15.9. The molecule has 0 fully saturated rings. The van der Waals surface area contributed by atoms with E-state index in [4.69, 9.17) is 21.1 Å². The quantitative estimate of drug-likeness (QED) is 0.528. The highest BCUT2D eigenvalue weighted by molar-refractivity contribution is 7.16. The first-order valence-electron chi connectivity index (χ1n) is 7.47. The van der Waals surface area contributed by atoms with Gasteiger partial charge in [-0.05, 0) is 36.4 Å². The number of fused-ring (bicyclic) bond motifs is 1. The maximum absolute atomic E-state index is 5.93. The molecule has 0 amide bonds. The largest absolute Gasteiger partial charge is 0.497 e. The van der Waals surface area contributed by atoms with Crippen molar-refractivity contribution < 1.29 is 9.47 Å². The van der Waals surface area contributed by atoms with Crippen molar-refractivity contribution in [2.45, 2.75) is 6.61 Å². The second-order valence-electron chi connectivity index (χ2n) is 5.19. The first-order valence-corrected chi connectivity index (χ1v) is 8.66. The summed E-state index contributed by atoms with van der Waals surface area (Å²) in [4.78, 5) is 0.717. The van der Waals surface area contributed by atoms with Crippen molar-refractivity contribution in [2.75, 3.05) is 7.11 Å². The maximum atomic E-state index is 5.93. The minimum Gasteiger partial charge on any atom is -0.497 e. The minimum atomic E-state index is 0.348. The van der Waals surface area contributed by atoms with E-state index < -0.39 is 0 Å². The molecule has 0 N–H and O–H groups in total. The third-order valence-electron chi connectivity index (χ3n) is 3.54. The van der Waals surface area contributed by atoms with Gasteiger partial charge in [0.2, 0.25) is 4.96 Å². The SMILES string of the molecule is COc1cccc(OCc2nn3c(-c4ccc(Cl)cc4)nnc3s2)c1. The zero-order valence-electron chi connectivity index (χ0n) is 13.2. The van der Waals surface area contributed by atoms with Crippen molar-refractivity contribution in [3.63, 3.8) is 0 Å². The predicted molar refractivity (Wildman–Crippen MR) is 96.4 cm³/mol. The van der Waals surface area contributed by atoms with Crippen molar-refractivity contribution in [1.29, 1.82) is 0 Å². The molecule has 0 saturated carbocycles. The van der Waals surface area contributed by atoms with Gasteiger partial charge >= 0.3 is 0 Å². The average molecular weight is 373 g/mol. The van der Waals surface area contributed by atoms with E-state index in [1.807, 2.05) is 48.5 Å². The van der Waals surface area contributed by atoms with E-state index in [1.165, 1.54) is 11.3 Å². The van der Waals surface area contributed by atoms with Crippen LogP contribution < -0.4 is 9.47 Å². The fourth-order valence-electron chi connectivity index (χ4n) is 2.33. The fourth-order valence-corrected chi connectivity index (χ4v) is 3.20. The smallest absolute Gasteiger partial charge is 0.235 e. The fraction of sp³-hybridized carbons (Fsp3) is 0.118. The zero-order valence-corrected chi connectivity index (χ0v) is 14.8. The van der Waals surface area contributed by atoms with Gasteiger partial charge in [0.15, 0.2) is 10.8 Å². The minimum absolute atomic E-state index is 0.348. The summed E-state index contributed by atoms with van der Waals surface area (Å²) >= 11 is 7.38. The summed E-state index contributed by atoms with van der Waals surface area (Å²) in [5.74, 6) is 2.15. The Morgan fingerprint density at radius 3 is 2.68 bits per heavy atom. The summed E-state index contributed by atoms with van der Waals surface area (Å²) < 4.78 is 12.7. The average Bonchev–Trinajstić information content (AvgIpc) is 3.21. The number of hydrogen-bond donors (Lipinski definition) is 0. The Morgan fingerprint density at radius 2 is 1.88 bits per heavy atom. The Labute approximate surface area is 152 Å². The van der Waals surface area contributed by atoms with Crippen LogP contribution in [-0.4, -0.2) is 26.9 Å². The molecule has 126 valence electrons. The lowest BCUT2D eigenvalue weighted by molar-refractivity contribution is 0.301. The van der Waals surface area contributed by atoms with Crippen molar-refractivity contribution in [1.82, 2.24) is 19.8 Å². The summed E-state index contributed by atoms with van der Waals surface area (Å²) in [7, 11) is 1.63. The highest BCUT2D eigenvalue weighted by Gasteiger charge is 2.13. The van der Waals surface area contributed by atoms with E-state index in [-0.39, 0.29) is 0 Å². The first-order chi connectivity index (χ1) is 12.2. The van der Waals surface area contributed by atoms with Crippen LogP contribution in [0.4, 0.5) is 0 Å². The molecular formula is C17H13ClN4O2S. The van der Waals surface area contributed by atoms with E-state index >= 15 is 0 Å².